The van der Waals surface area contributed by atoms with Crippen molar-refractivity contribution in [3.63, 3.8) is 0 Å². The first-order valence-corrected chi connectivity index (χ1v) is 5.61. The van der Waals surface area contributed by atoms with E-state index in [9.17, 15) is 0 Å². The molecule has 0 N–H and O–H groups in total. The molecule has 0 radical (unpaired) electrons. The van der Waals surface area contributed by atoms with Crippen LogP contribution in [0.3, 0.4) is 0 Å². The van der Waals surface area contributed by atoms with Crippen LogP contribution in [0.2, 0.25) is 0 Å². The molecular formula is C13H20N2. The average molecular weight is 204 g/mol. The molecule has 0 aromatic carbocycles. The van der Waals surface area contributed by atoms with Gasteiger partial charge in [-0.15, -0.1) is 0 Å². The summed E-state index contributed by atoms with van der Waals surface area (Å²) in [5, 5.41) is 0. The summed E-state index contributed by atoms with van der Waals surface area (Å²) >= 11 is 0. The Morgan fingerprint density at radius 3 is 2.60 bits per heavy atom. The monoisotopic (exact) mass is 204 g/mol. The molecule has 1 aromatic heterocycles. The van der Waals surface area contributed by atoms with E-state index in [0.29, 0.717) is 0 Å². The van der Waals surface area contributed by atoms with Gasteiger partial charge in [-0.2, -0.15) is 0 Å². The predicted molar refractivity (Wildman–Crippen MR) is 68.7 cm³/mol. The minimum absolute atomic E-state index is 0.821. The number of aromatic nitrogens is 1. The third-order valence-electron chi connectivity index (χ3n) is 1.57. The van der Waals surface area contributed by atoms with Gasteiger partial charge in [-0.1, -0.05) is 39.8 Å². The highest BCUT2D eigenvalue weighted by Crippen LogP contribution is 2.18. The number of aliphatic imine (C=N–C) groups is 1. The van der Waals surface area contributed by atoms with Crippen LogP contribution in [-0.4, -0.2) is 11.2 Å². The van der Waals surface area contributed by atoms with E-state index < -0.39 is 0 Å². The maximum absolute atomic E-state index is 4.19. The average Bonchev–Trinajstić information content (AvgIpc) is 2.59. The van der Waals surface area contributed by atoms with Crippen molar-refractivity contribution in [1.82, 2.24) is 4.98 Å². The minimum Gasteiger partial charge on any atom is -0.241 e. The molecule has 0 atom stereocenters. The highest BCUT2D eigenvalue weighted by atomic mass is 14.9. The molecule has 0 spiro atoms. The molecule has 0 unspecified atom stereocenters. The molecule has 2 heteroatoms. The van der Waals surface area contributed by atoms with E-state index in [-0.39, 0.29) is 0 Å². The molecule has 1 aromatic rings. The van der Waals surface area contributed by atoms with Gasteiger partial charge in [0.2, 0.25) is 0 Å². The Kier molecular flexibility index (Phi) is 8.25. The Bertz CT molecular complexity index is 283. The van der Waals surface area contributed by atoms with Gasteiger partial charge in [-0.05, 0) is 12.1 Å². The molecule has 2 rings (SSSR count). The minimum atomic E-state index is 0.821. The molecule has 0 aliphatic carbocycles. The quantitative estimate of drug-likeness (QED) is 0.620. The first-order chi connectivity index (χ1) is 7.47. The lowest BCUT2D eigenvalue weighted by Gasteiger charge is -1.94. The van der Waals surface area contributed by atoms with E-state index in [1.807, 2.05) is 46.0 Å². The van der Waals surface area contributed by atoms with E-state index in [1.54, 1.807) is 6.20 Å². The Labute approximate surface area is 92.8 Å². The third kappa shape index (κ3) is 4.54. The van der Waals surface area contributed by atoms with Gasteiger partial charge < -0.3 is 0 Å². The van der Waals surface area contributed by atoms with Crippen LogP contribution in [0.4, 0.5) is 5.82 Å². The Balaban J connectivity index is 0.000000442. The van der Waals surface area contributed by atoms with Crippen LogP contribution in [0.15, 0.2) is 29.4 Å². The van der Waals surface area contributed by atoms with Crippen molar-refractivity contribution in [3.05, 3.63) is 30.0 Å². The van der Waals surface area contributed by atoms with Crippen LogP contribution in [-0.2, 0) is 0 Å². The van der Waals surface area contributed by atoms with Crippen LogP contribution in [0.25, 0.3) is 6.08 Å². The second kappa shape index (κ2) is 9.13. The molecule has 82 valence electrons. The predicted octanol–water partition coefficient (Wildman–Crippen LogP) is 4.25. The molecule has 0 saturated carbocycles. The van der Waals surface area contributed by atoms with Gasteiger partial charge in [0.05, 0.1) is 0 Å². The summed E-state index contributed by atoms with van der Waals surface area (Å²) in [5.41, 5.74) is 1.10. The van der Waals surface area contributed by atoms with E-state index in [4.69, 9.17) is 0 Å². The highest BCUT2D eigenvalue weighted by molar-refractivity contribution is 5.73. The van der Waals surface area contributed by atoms with E-state index >= 15 is 0 Å². The van der Waals surface area contributed by atoms with Gasteiger partial charge in [0.1, 0.15) is 0 Å². The fraction of sp³-hybridized carbons (Fsp3) is 0.385. The van der Waals surface area contributed by atoms with Crippen molar-refractivity contribution in [2.24, 2.45) is 4.99 Å². The number of hydrogen-bond acceptors (Lipinski definition) is 2. The van der Waals surface area contributed by atoms with Gasteiger partial charge in [-0.25, -0.2) is 9.98 Å². The van der Waals surface area contributed by atoms with E-state index in [1.165, 1.54) is 0 Å². The highest BCUT2D eigenvalue weighted by Gasteiger charge is 1.97. The van der Waals surface area contributed by atoms with Gasteiger partial charge in [0, 0.05) is 24.4 Å². The summed E-state index contributed by atoms with van der Waals surface area (Å²) in [6, 6.07) is 3.94. The number of rotatable bonds is 0. The van der Waals surface area contributed by atoms with Gasteiger partial charge in [0.25, 0.3) is 0 Å². The summed E-state index contributed by atoms with van der Waals surface area (Å²) in [7, 11) is 0. The number of allylic oxidation sites excluding steroid dienone is 1. The summed E-state index contributed by atoms with van der Waals surface area (Å²) in [6.45, 7) is 8.00. The van der Waals surface area contributed by atoms with E-state index in [0.717, 1.165) is 17.8 Å². The zero-order chi connectivity index (χ0) is 11.5. The number of pyridine rings is 1. The van der Waals surface area contributed by atoms with Crippen LogP contribution in [0.1, 0.15) is 39.7 Å². The smallest absolute Gasteiger partial charge is 0.158 e. The lowest BCUT2D eigenvalue weighted by molar-refractivity contribution is 1.27. The maximum Gasteiger partial charge on any atom is 0.158 e. The van der Waals surface area contributed by atoms with Gasteiger partial charge in [-0.3, -0.25) is 0 Å². The first kappa shape index (κ1) is 13.6. The van der Waals surface area contributed by atoms with Crippen LogP contribution < -0.4 is 0 Å². The zero-order valence-corrected chi connectivity index (χ0v) is 10.1. The summed E-state index contributed by atoms with van der Waals surface area (Å²) in [4.78, 5) is 8.32. The maximum atomic E-state index is 4.19. The zero-order valence-electron chi connectivity index (χ0n) is 10.1. The summed E-state index contributed by atoms with van der Waals surface area (Å²) in [5.74, 6) is 0.821. The summed E-state index contributed by atoms with van der Waals surface area (Å²) in [6.07, 6.45) is 8.66. The molecule has 1 aliphatic heterocycles. The lowest BCUT2D eigenvalue weighted by atomic mass is 10.2. The standard InChI is InChI=1S/C9H8N2.2C2H6/c1-2-6-10-9-8(4-1)5-3-7-11-9;2*1-2/h1,3-7H,2H2;2*1-2H3. The van der Waals surface area contributed by atoms with Crippen molar-refractivity contribution >= 4 is 18.1 Å². The molecular weight excluding hydrogens is 184 g/mol. The Morgan fingerprint density at radius 2 is 1.87 bits per heavy atom. The van der Waals surface area contributed by atoms with Gasteiger partial charge in [0.15, 0.2) is 5.82 Å². The molecule has 0 bridgehead atoms. The summed E-state index contributed by atoms with van der Waals surface area (Å²) < 4.78 is 0. The molecule has 15 heavy (non-hydrogen) atoms. The fourth-order valence-corrected chi connectivity index (χ4v) is 1.04. The van der Waals surface area contributed by atoms with Crippen LogP contribution >= 0.6 is 0 Å². The van der Waals surface area contributed by atoms with Crippen molar-refractivity contribution in [2.45, 2.75) is 34.1 Å². The normalized spacial score (nSPS) is 11.2. The fourth-order valence-electron chi connectivity index (χ4n) is 1.04. The van der Waals surface area contributed by atoms with Crippen LogP contribution in [0, 0.1) is 0 Å². The molecule has 2 heterocycles. The first-order valence-electron chi connectivity index (χ1n) is 5.61. The third-order valence-corrected chi connectivity index (χ3v) is 1.57. The lowest BCUT2D eigenvalue weighted by Crippen LogP contribution is -1.76. The van der Waals surface area contributed by atoms with Crippen LogP contribution in [0.5, 0.6) is 0 Å². The van der Waals surface area contributed by atoms with Crippen molar-refractivity contribution < 1.29 is 0 Å². The Hall–Kier alpha value is -1.44. The SMILES string of the molecule is C1=Cc2cccnc2N=CC1.CC.CC. The second-order valence-electron chi connectivity index (χ2n) is 2.37. The number of fused-ring (bicyclic) bond motifs is 1. The Morgan fingerprint density at radius 1 is 1.13 bits per heavy atom. The van der Waals surface area contributed by atoms with Crippen molar-refractivity contribution in [2.75, 3.05) is 0 Å². The van der Waals surface area contributed by atoms with E-state index in [2.05, 4.69) is 22.1 Å². The van der Waals surface area contributed by atoms with Crippen molar-refractivity contribution in [3.8, 4) is 0 Å². The second-order valence-corrected chi connectivity index (χ2v) is 2.37. The van der Waals surface area contributed by atoms with Crippen molar-refractivity contribution in [1.29, 1.82) is 0 Å². The molecule has 1 aliphatic rings. The molecule has 0 amide bonds. The number of nitrogens with zero attached hydrogens (tertiary/aromatic N) is 2. The molecule has 2 nitrogen and oxygen atoms in total. The largest absolute Gasteiger partial charge is 0.241 e. The molecule has 0 saturated heterocycles. The topological polar surface area (TPSA) is 25.2 Å². The van der Waals surface area contributed by atoms with Gasteiger partial charge >= 0.3 is 0 Å². The number of hydrogen-bond donors (Lipinski definition) is 0. The molecule has 0 fully saturated rings.